The highest BCUT2D eigenvalue weighted by molar-refractivity contribution is 7.92. The van der Waals surface area contributed by atoms with E-state index in [1.807, 2.05) is 10.7 Å². The summed E-state index contributed by atoms with van der Waals surface area (Å²) in [4.78, 5) is 15.3. The summed E-state index contributed by atoms with van der Waals surface area (Å²) in [7, 11) is -3.31. The fourth-order valence-corrected chi connectivity index (χ4v) is 4.10. The van der Waals surface area contributed by atoms with Gasteiger partial charge in [-0.05, 0) is 62.9 Å². The predicted molar refractivity (Wildman–Crippen MR) is 116 cm³/mol. The molecule has 0 radical (unpaired) electrons. The molecule has 1 aromatic carbocycles. The van der Waals surface area contributed by atoms with Gasteiger partial charge in [-0.1, -0.05) is 0 Å². The van der Waals surface area contributed by atoms with Crippen molar-refractivity contribution < 1.29 is 8.42 Å². The van der Waals surface area contributed by atoms with Crippen molar-refractivity contribution in [1.82, 2.24) is 14.8 Å². The zero-order chi connectivity index (χ0) is 21.9. The molecule has 0 unspecified atom stereocenters. The van der Waals surface area contributed by atoms with Gasteiger partial charge in [-0.2, -0.15) is 10.4 Å². The number of pyridine rings is 1. The fourth-order valence-electron chi connectivity index (χ4n) is 3.05. The molecule has 3 aromatic rings. The van der Waals surface area contributed by atoms with Crippen LogP contribution in [0.2, 0.25) is 0 Å². The topological polar surface area (TPSA) is 121 Å². The lowest BCUT2D eigenvalue weighted by Gasteiger charge is -2.09. The van der Waals surface area contributed by atoms with E-state index in [9.17, 15) is 13.2 Å². The van der Waals surface area contributed by atoms with E-state index in [4.69, 9.17) is 5.26 Å². The molecule has 4 rings (SSSR count). The number of hydrogen-bond donors (Lipinski definition) is 2. The smallest absolute Gasteiger partial charge is 0.261 e. The number of nitrogens with one attached hydrogen (secondary N) is 2. The number of nitriles is 1. The van der Waals surface area contributed by atoms with Crippen molar-refractivity contribution in [3.63, 3.8) is 0 Å². The van der Waals surface area contributed by atoms with Crippen LogP contribution in [-0.2, 0) is 16.4 Å². The Balaban J connectivity index is 0.000000806. The second kappa shape index (κ2) is 8.71. The minimum Gasteiger partial charge on any atom is -0.338 e. The van der Waals surface area contributed by atoms with Gasteiger partial charge in [0, 0.05) is 25.4 Å². The molecule has 1 fully saturated rings. The lowest BCUT2D eigenvalue weighted by atomic mass is 10.3. The van der Waals surface area contributed by atoms with Crippen molar-refractivity contribution >= 4 is 32.2 Å². The molecule has 9 heteroatoms. The van der Waals surface area contributed by atoms with E-state index in [0.29, 0.717) is 22.8 Å². The van der Waals surface area contributed by atoms with Crippen LogP contribution in [0.5, 0.6) is 0 Å². The predicted octanol–water partition coefficient (Wildman–Crippen LogP) is 3.59. The molecule has 0 bridgehead atoms. The van der Waals surface area contributed by atoms with Crippen molar-refractivity contribution in [1.29, 1.82) is 5.26 Å². The number of anilines is 2. The highest BCUT2D eigenvalue weighted by Gasteiger charge is 2.24. The van der Waals surface area contributed by atoms with Crippen LogP contribution in [0.1, 0.15) is 33.6 Å². The summed E-state index contributed by atoms with van der Waals surface area (Å²) in [5.74, 6) is 1.10. The number of aromatic nitrogens is 3. The van der Waals surface area contributed by atoms with Gasteiger partial charge in [0.1, 0.15) is 5.39 Å². The highest BCUT2D eigenvalue weighted by Crippen LogP contribution is 2.32. The molecule has 0 amide bonds. The molecule has 1 aliphatic carbocycles. The van der Waals surface area contributed by atoms with Crippen molar-refractivity contribution in [3.05, 3.63) is 46.9 Å². The first-order valence-electron chi connectivity index (χ1n) is 9.78. The molecule has 0 spiro atoms. The number of fused-ring (bicyclic) bond motifs is 1. The van der Waals surface area contributed by atoms with Crippen LogP contribution in [0.15, 0.2) is 46.2 Å². The first-order valence-corrected chi connectivity index (χ1v) is 11.3. The molecule has 0 aliphatic heterocycles. The number of hydrogen-bond acceptors (Lipinski definition) is 6. The molecule has 8 nitrogen and oxygen atoms in total. The van der Waals surface area contributed by atoms with Gasteiger partial charge in [0.25, 0.3) is 5.56 Å². The second-order valence-electron chi connectivity index (χ2n) is 7.51. The zero-order valence-corrected chi connectivity index (χ0v) is 18.0. The molecule has 0 atom stereocenters. The van der Waals surface area contributed by atoms with E-state index in [2.05, 4.69) is 15.4 Å². The van der Waals surface area contributed by atoms with Gasteiger partial charge in [0.05, 0.1) is 21.7 Å². The van der Waals surface area contributed by atoms with Crippen LogP contribution in [0.25, 0.3) is 10.9 Å². The normalized spacial score (nSPS) is 13.6. The van der Waals surface area contributed by atoms with Crippen molar-refractivity contribution in [2.45, 2.75) is 50.3 Å². The maximum atomic E-state index is 12.3. The number of H-pyrrole nitrogens is 1. The van der Waals surface area contributed by atoms with Crippen LogP contribution >= 0.6 is 0 Å². The molecule has 2 aromatic heterocycles. The molecule has 2 heterocycles. The average molecular weight is 428 g/mol. The zero-order valence-electron chi connectivity index (χ0n) is 17.2. The Morgan fingerprint density at radius 1 is 1.27 bits per heavy atom. The van der Waals surface area contributed by atoms with Crippen LogP contribution < -0.4 is 10.9 Å². The summed E-state index contributed by atoms with van der Waals surface area (Å²) in [6.07, 6.45) is 4.02. The molecular weight excluding hydrogens is 402 g/mol. The minimum absolute atomic E-state index is 0.198. The van der Waals surface area contributed by atoms with Crippen LogP contribution in [-0.4, -0.2) is 28.4 Å². The maximum Gasteiger partial charge on any atom is 0.261 e. The number of nitrogens with zero attached hydrogens (tertiary/aromatic N) is 3. The number of sulfone groups is 1. The van der Waals surface area contributed by atoms with E-state index < -0.39 is 15.1 Å². The van der Waals surface area contributed by atoms with Gasteiger partial charge >= 0.3 is 0 Å². The SMILES string of the molecule is CC#N.CC(C)S(=O)(=O)c1ccc(Nc2nn(CC3CC3)c3cc[nH]c(=O)c23)cc1. The van der Waals surface area contributed by atoms with Crippen molar-refractivity contribution in [2.75, 3.05) is 5.32 Å². The average Bonchev–Trinajstić information content (AvgIpc) is 3.45. The van der Waals surface area contributed by atoms with E-state index >= 15 is 0 Å². The largest absolute Gasteiger partial charge is 0.338 e. The summed E-state index contributed by atoms with van der Waals surface area (Å²) in [6, 6.07) is 10.1. The quantitative estimate of drug-likeness (QED) is 0.620. The Morgan fingerprint density at radius 2 is 1.90 bits per heavy atom. The lowest BCUT2D eigenvalue weighted by molar-refractivity contribution is 0.582. The van der Waals surface area contributed by atoms with Crippen molar-refractivity contribution in [3.8, 4) is 6.07 Å². The van der Waals surface area contributed by atoms with E-state index in [-0.39, 0.29) is 10.5 Å². The van der Waals surface area contributed by atoms with E-state index in [1.165, 1.54) is 19.8 Å². The Labute approximate surface area is 175 Å². The molecule has 0 saturated heterocycles. The Bertz CT molecular complexity index is 1230. The van der Waals surface area contributed by atoms with Gasteiger partial charge in [-0.25, -0.2) is 8.42 Å². The Kier molecular flexibility index (Phi) is 6.27. The second-order valence-corrected chi connectivity index (χ2v) is 10.0. The third kappa shape index (κ3) is 4.54. The van der Waals surface area contributed by atoms with Crippen molar-refractivity contribution in [2.24, 2.45) is 5.92 Å². The number of rotatable bonds is 6. The standard InChI is InChI=1S/C19H22N4O3S.C2H3N/c1-12(2)27(25,26)15-7-5-14(6-8-15)21-18-17-16(9-10-20-19(17)24)23(22-18)11-13-3-4-13;1-2-3/h5-10,12-13H,3-4,11H2,1-2H3,(H,20,24)(H,21,22);1H3. The van der Waals surface area contributed by atoms with E-state index in [0.717, 1.165) is 12.1 Å². The lowest BCUT2D eigenvalue weighted by Crippen LogP contribution is -2.13. The summed E-state index contributed by atoms with van der Waals surface area (Å²) in [6.45, 7) is 5.55. The molecule has 1 saturated carbocycles. The van der Waals surface area contributed by atoms with Crippen LogP contribution in [0, 0.1) is 17.2 Å². The monoisotopic (exact) mass is 427 g/mol. The first-order chi connectivity index (χ1) is 14.3. The Morgan fingerprint density at radius 3 is 2.47 bits per heavy atom. The number of benzene rings is 1. The van der Waals surface area contributed by atoms with Crippen LogP contribution in [0.3, 0.4) is 0 Å². The fraction of sp³-hybridized carbons (Fsp3) is 0.381. The summed E-state index contributed by atoms with van der Waals surface area (Å²) < 4.78 is 26.4. The number of aromatic amines is 1. The summed E-state index contributed by atoms with van der Waals surface area (Å²) in [5, 5.41) is 15.1. The van der Waals surface area contributed by atoms with E-state index in [1.54, 1.807) is 50.4 Å². The van der Waals surface area contributed by atoms with Gasteiger partial charge in [-0.3, -0.25) is 9.48 Å². The minimum atomic E-state index is -3.31. The molecule has 1 aliphatic rings. The van der Waals surface area contributed by atoms with Gasteiger partial charge in [0.15, 0.2) is 15.7 Å². The summed E-state index contributed by atoms with van der Waals surface area (Å²) in [5.41, 5.74) is 1.28. The third-order valence-electron chi connectivity index (χ3n) is 4.87. The van der Waals surface area contributed by atoms with Gasteiger partial charge in [0.2, 0.25) is 0 Å². The first kappa shape index (κ1) is 21.6. The highest BCUT2D eigenvalue weighted by atomic mass is 32.2. The summed E-state index contributed by atoms with van der Waals surface area (Å²) >= 11 is 0. The molecular formula is C21H25N5O3S. The Hall–Kier alpha value is -3.12. The van der Waals surface area contributed by atoms with Gasteiger partial charge < -0.3 is 10.3 Å². The third-order valence-corrected chi connectivity index (χ3v) is 7.04. The molecule has 2 N–H and O–H groups in total. The molecule has 30 heavy (non-hydrogen) atoms. The maximum absolute atomic E-state index is 12.3. The van der Waals surface area contributed by atoms with Crippen LogP contribution in [0.4, 0.5) is 11.5 Å². The van der Waals surface area contributed by atoms with Gasteiger partial charge in [-0.15, -0.1) is 0 Å². The molecule has 158 valence electrons.